The molecule has 2 N–H and O–H groups in total. The van der Waals surface area contributed by atoms with Gasteiger partial charge in [-0.2, -0.15) is 0 Å². The first-order chi connectivity index (χ1) is 5.24. The Morgan fingerprint density at radius 2 is 2.45 bits per heavy atom. The maximum absolute atomic E-state index is 5.45. The first kappa shape index (κ1) is 8.75. The van der Waals surface area contributed by atoms with E-state index in [0.717, 1.165) is 0 Å². The van der Waals surface area contributed by atoms with Crippen LogP contribution < -0.4 is 5.73 Å². The number of piperidine rings is 1. The third-order valence-electron chi connectivity index (χ3n) is 2.50. The third kappa shape index (κ3) is 2.31. The number of hydrogen-bond donors (Lipinski definition) is 1. The van der Waals surface area contributed by atoms with Gasteiger partial charge in [-0.05, 0) is 26.8 Å². The predicted octanol–water partition coefficient (Wildman–Crippen LogP) is 0.986. The van der Waals surface area contributed by atoms with Crippen molar-refractivity contribution in [1.82, 2.24) is 4.90 Å². The van der Waals surface area contributed by atoms with Crippen LogP contribution in [-0.2, 0) is 0 Å². The highest BCUT2D eigenvalue weighted by Crippen LogP contribution is 2.19. The van der Waals surface area contributed by atoms with Crippen molar-refractivity contribution in [3.63, 3.8) is 0 Å². The smallest absolute Gasteiger partial charge is 0.0109 e. The van der Waals surface area contributed by atoms with Gasteiger partial charge in [-0.3, -0.25) is 0 Å². The summed E-state index contributed by atoms with van der Waals surface area (Å²) in [6.45, 7) is 4.16. The van der Waals surface area contributed by atoms with Crippen LogP contribution in [0.2, 0.25) is 0 Å². The van der Waals surface area contributed by atoms with Crippen LogP contribution in [0.25, 0.3) is 0 Å². The summed E-state index contributed by atoms with van der Waals surface area (Å²) in [5, 5.41) is 0. The Bertz CT molecular complexity index is 152. The average Bonchev–Trinajstić information content (AvgIpc) is 1.98. The maximum atomic E-state index is 5.45. The molecule has 1 heterocycles. The zero-order valence-corrected chi connectivity index (χ0v) is 7.51. The van der Waals surface area contributed by atoms with Crippen LogP contribution in [0.5, 0.6) is 0 Å². The first-order valence-corrected chi connectivity index (χ1v) is 4.32. The van der Waals surface area contributed by atoms with Gasteiger partial charge in [0.25, 0.3) is 0 Å². The first-order valence-electron chi connectivity index (χ1n) is 4.32. The molecule has 0 radical (unpaired) electrons. The lowest BCUT2D eigenvalue weighted by molar-refractivity contribution is 0.231. The minimum absolute atomic E-state index is 0.696. The molecule has 1 rings (SSSR count). The lowest BCUT2D eigenvalue weighted by atomic mass is 9.98. The van der Waals surface area contributed by atoms with Crippen LogP contribution in [0.4, 0.5) is 0 Å². The number of rotatable bonds is 1. The largest absolute Gasteiger partial charge is 0.327 e. The van der Waals surface area contributed by atoms with Crippen LogP contribution in [0, 0.1) is 0 Å². The molecular formula is C9H18N2. The Morgan fingerprint density at radius 1 is 1.73 bits per heavy atom. The van der Waals surface area contributed by atoms with E-state index in [1.807, 2.05) is 0 Å². The second-order valence-electron chi connectivity index (χ2n) is 3.38. The maximum Gasteiger partial charge on any atom is 0.0109 e. The summed E-state index contributed by atoms with van der Waals surface area (Å²) in [6, 6.07) is 0.696. The summed E-state index contributed by atoms with van der Waals surface area (Å²) in [6.07, 6.45) is 4.58. The van der Waals surface area contributed by atoms with Crippen molar-refractivity contribution in [2.24, 2.45) is 5.73 Å². The van der Waals surface area contributed by atoms with Crippen molar-refractivity contribution in [3.8, 4) is 0 Å². The predicted molar refractivity (Wildman–Crippen MR) is 48.5 cm³/mol. The standard InChI is InChI=1S/C9H18N2/c1-8-7-9(3-5-10)4-6-11(8)2/h3,8H,4-7,10H2,1-2H3. The molecule has 2 nitrogen and oxygen atoms in total. The molecule has 0 spiro atoms. The molecule has 1 atom stereocenters. The Hall–Kier alpha value is -0.340. The van der Waals surface area contributed by atoms with Gasteiger partial charge in [0, 0.05) is 19.1 Å². The third-order valence-corrected chi connectivity index (χ3v) is 2.50. The molecule has 0 aromatic carbocycles. The molecule has 1 unspecified atom stereocenters. The summed E-state index contributed by atoms with van der Waals surface area (Å²) in [5.74, 6) is 0. The molecule has 0 aromatic rings. The minimum Gasteiger partial charge on any atom is -0.327 e. The van der Waals surface area contributed by atoms with Crippen LogP contribution in [0.1, 0.15) is 19.8 Å². The Labute approximate surface area is 69.1 Å². The van der Waals surface area contributed by atoms with Crippen molar-refractivity contribution < 1.29 is 0 Å². The summed E-state index contributed by atoms with van der Waals surface area (Å²) in [5.41, 5.74) is 6.99. The molecule has 1 aliphatic heterocycles. The van der Waals surface area contributed by atoms with E-state index < -0.39 is 0 Å². The lowest BCUT2D eigenvalue weighted by Gasteiger charge is -2.31. The fourth-order valence-corrected chi connectivity index (χ4v) is 1.53. The van der Waals surface area contributed by atoms with E-state index in [2.05, 4.69) is 24.9 Å². The van der Waals surface area contributed by atoms with Crippen molar-refractivity contribution in [2.75, 3.05) is 20.1 Å². The normalized spacial score (nSPS) is 31.2. The molecule has 64 valence electrons. The van der Waals surface area contributed by atoms with Gasteiger partial charge in [0.05, 0.1) is 0 Å². The van der Waals surface area contributed by atoms with Gasteiger partial charge in [-0.1, -0.05) is 11.6 Å². The summed E-state index contributed by atoms with van der Waals surface area (Å²) < 4.78 is 0. The highest BCUT2D eigenvalue weighted by atomic mass is 15.1. The van der Waals surface area contributed by atoms with E-state index in [4.69, 9.17) is 5.73 Å². The van der Waals surface area contributed by atoms with E-state index in [0.29, 0.717) is 12.6 Å². The zero-order valence-electron chi connectivity index (χ0n) is 7.51. The Morgan fingerprint density at radius 3 is 3.00 bits per heavy atom. The lowest BCUT2D eigenvalue weighted by Crippen LogP contribution is -2.34. The molecule has 0 amide bonds. The van der Waals surface area contributed by atoms with E-state index in [9.17, 15) is 0 Å². The van der Waals surface area contributed by atoms with Gasteiger partial charge in [0.2, 0.25) is 0 Å². The number of nitrogens with two attached hydrogens (primary N) is 1. The topological polar surface area (TPSA) is 29.3 Å². The van der Waals surface area contributed by atoms with E-state index >= 15 is 0 Å². The van der Waals surface area contributed by atoms with Gasteiger partial charge in [-0.25, -0.2) is 0 Å². The molecule has 0 aliphatic carbocycles. The van der Waals surface area contributed by atoms with E-state index in [-0.39, 0.29) is 0 Å². The highest BCUT2D eigenvalue weighted by molar-refractivity contribution is 5.07. The molecule has 1 saturated heterocycles. The van der Waals surface area contributed by atoms with Crippen molar-refractivity contribution in [2.45, 2.75) is 25.8 Å². The number of nitrogens with zero attached hydrogens (tertiary/aromatic N) is 1. The van der Waals surface area contributed by atoms with Crippen LogP contribution in [-0.4, -0.2) is 31.1 Å². The summed E-state index contributed by atoms with van der Waals surface area (Å²) >= 11 is 0. The van der Waals surface area contributed by atoms with E-state index in [1.165, 1.54) is 25.0 Å². The van der Waals surface area contributed by atoms with E-state index in [1.54, 1.807) is 0 Å². The molecule has 11 heavy (non-hydrogen) atoms. The second-order valence-corrected chi connectivity index (χ2v) is 3.38. The van der Waals surface area contributed by atoms with Crippen molar-refractivity contribution in [3.05, 3.63) is 11.6 Å². The second kappa shape index (κ2) is 3.88. The van der Waals surface area contributed by atoms with Crippen LogP contribution in [0.3, 0.4) is 0 Å². The molecule has 2 heteroatoms. The fourth-order valence-electron chi connectivity index (χ4n) is 1.53. The van der Waals surface area contributed by atoms with Gasteiger partial charge in [0.15, 0.2) is 0 Å². The quantitative estimate of drug-likeness (QED) is 0.571. The Kier molecular flexibility index (Phi) is 3.09. The monoisotopic (exact) mass is 154 g/mol. The van der Waals surface area contributed by atoms with Gasteiger partial charge in [-0.15, -0.1) is 0 Å². The SMILES string of the molecule is CC1CC(=CCN)CCN1C. The highest BCUT2D eigenvalue weighted by Gasteiger charge is 2.16. The van der Waals surface area contributed by atoms with Crippen LogP contribution >= 0.6 is 0 Å². The fraction of sp³-hybridized carbons (Fsp3) is 0.778. The van der Waals surface area contributed by atoms with Gasteiger partial charge >= 0.3 is 0 Å². The summed E-state index contributed by atoms with van der Waals surface area (Å²) in [7, 11) is 2.18. The van der Waals surface area contributed by atoms with Gasteiger partial charge in [0.1, 0.15) is 0 Å². The molecule has 0 saturated carbocycles. The molecular weight excluding hydrogens is 136 g/mol. The van der Waals surface area contributed by atoms with Crippen LogP contribution in [0.15, 0.2) is 11.6 Å². The minimum atomic E-state index is 0.696. The zero-order chi connectivity index (χ0) is 8.27. The average molecular weight is 154 g/mol. The molecule has 0 bridgehead atoms. The molecule has 1 fully saturated rings. The molecule has 0 aromatic heterocycles. The van der Waals surface area contributed by atoms with Crippen molar-refractivity contribution in [1.29, 1.82) is 0 Å². The number of likely N-dealkylation sites (tertiary alicyclic amines) is 1. The van der Waals surface area contributed by atoms with Gasteiger partial charge < -0.3 is 10.6 Å². The number of hydrogen-bond acceptors (Lipinski definition) is 2. The summed E-state index contributed by atoms with van der Waals surface area (Å²) in [4.78, 5) is 2.40. The molecule has 1 aliphatic rings. The van der Waals surface area contributed by atoms with Crippen molar-refractivity contribution >= 4 is 0 Å². The Balaban J connectivity index is 2.46.